The summed E-state index contributed by atoms with van der Waals surface area (Å²) < 4.78 is 7.74. The van der Waals surface area contributed by atoms with Gasteiger partial charge >= 0.3 is 0 Å². The molecule has 0 bridgehead atoms. The maximum atomic E-state index is 5.70. The van der Waals surface area contributed by atoms with E-state index < -0.39 is 0 Å². The molecule has 9 nitrogen and oxygen atoms in total. The van der Waals surface area contributed by atoms with Crippen LogP contribution in [0.1, 0.15) is 49.5 Å². The van der Waals surface area contributed by atoms with Crippen molar-refractivity contribution in [1.29, 1.82) is 0 Å². The topological polar surface area (TPSA) is 121 Å². The first kappa shape index (κ1) is 20.0. The molecule has 0 atom stereocenters. The van der Waals surface area contributed by atoms with E-state index in [4.69, 9.17) is 15.2 Å². The van der Waals surface area contributed by atoms with Crippen molar-refractivity contribution in [2.45, 2.75) is 43.6 Å². The van der Waals surface area contributed by atoms with Gasteiger partial charge in [0.25, 0.3) is 5.89 Å². The van der Waals surface area contributed by atoms with Gasteiger partial charge in [-0.15, -0.1) is 0 Å². The molecule has 1 saturated carbocycles. The molecule has 3 N–H and O–H groups in total. The molecule has 1 saturated heterocycles. The van der Waals surface area contributed by atoms with Crippen LogP contribution in [-0.4, -0.2) is 43.0 Å². The number of nitrogens with one attached hydrogen (secondary N) is 1. The Hall–Kier alpha value is -3.59. The molecule has 0 radical (unpaired) electrons. The lowest BCUT2D eigenvalue weighted by Gasteiger charge is -2.39. The van der Waals surface area contributed by atoms with Gasteiger partial charge in [0.2, 0.25) is 5.95 Å². The molecule has 168 valence electrons. The van der Waals surface area contributed by atoms with Gasteiger partial charge in [-0.25, -0.2) is 9.97 Å². The first-order valence-electron chi connectivity index (χ1n) is 11.5. The van der Waals surface area contributed by atoms with Gasteiger partial charge in [-0.2, -0.15) is 10.1 Å². The van der Waals surface area contributed by atoms with Crippen molar-refractivity contribution in [1.82, 2.24) is 35.2 Å². The monoisotopic (exact) mass is 442 g/mol. The lowest BCUT2D eigenvalue weighted by atomic mass is 9.64. The standard InChI is InChI=1S/C24H26N8O/c25-23-27-12-17(13-28-23)16-2-4-19(5-3-16)24(8-1-9-24)22-30-21(33-31-22)18-14-29-32(15-18)20-6-10-26-11-7-20/h2-5,12-15,20,26H,1,6-11H2,(H2,25,27,28). The first-order chi connectivity index (χ1) is 16.2. The van der Waals surface area contributed by atoms with Gasteiger partial charge in [-0.1, -0.05) is 35.8 Å². The Balaban J connectivity index is 1.25. The van der Waals surface area contributed by atoms with Crippen LogP contribution in [0, 0.1) is 0 Å². The second-order valence-electron chi connectivity index (χ2n) is 8.96. The summed E-state index contributed by atoms with van der Waals surface area (Å²) in [7, 11) is 0. The molecule has 0 spiro atoms. The molecule has 0 unspecified atom stereocenters. The molecule has 4 heterocycles. The zero-order chi connectivity index (χ0) is 22.3. The molecule has 1 aromatic carbocycles. The summed E-state index contributed by atoms with van der Waals surface area (Å²) in [5.74, 6) is 1.56. The minimum absolute atomic E-state index is 0.205. The highest BCUT2D eigenvalue weighted by Gasteiger charge is 2.44. The fourth-order valence-corrected chi connectivity index (χ4v) is 4.90. The second kappa shape index (κ2) is 8.08. The summed E-state index contributed by atoms with van der Waals surface area (Å²) in [5, 5.41) is 12.4. The fourth-order valence-electron chi connectivity index (χ4n) is 4.90. The largest absolute Gasteiger partial charge is 0.368 e. The van der Waals surface area contributed by atoms with Gasteiger partial charge in [-0.3, -0.25) is 4.68 Å². The van der Waals surface area contributed by atoms with Crippen LogP contribution in [0.15, 0.2) is 53.6 Å². The quantitative estimate of drug-likeness (QED) is 0.483. The normalized spacial score (nSPS) is 18.2. The minimum Gasteiger partial charge on any atom is -0.368 e. The van der Waals surface area contributed by atoms with Gasteiger partial charge in [0.15, 0.2) is 5.82 Å². The molecule has 2 aliphatic rings. The van der Waals surface area contributed by atoms with E-state index >= 15 is 0 Å². The molecule has 0 amide bonds. The molecule has 3 aromatic heterocycles. The van der Waals surface area contributed by atoms with Crippen LogP contribution >= 0.6 is 0 Å². The van der Waals surface area contributed by atoms with Crippen molar-refractivity contribution in [2.75, 3.05) is 18.8 Å². The predicted molar refractivity (Wildman–Crippen MR) is 123 cm³/mol. The SMILES string of the molecule is Nc1ncc(-c2ccc(C3(c4noc(-c5cnn(C6CCNCC6)c5)n4)CCC3)cc2)cn1. The van der Waals surface area contributed by atoms with E-state index in [1.54, 1.807) is 12.4 Å². The number of nitrogens with two attached hydrogens (primary N) is 1. The van der Waals surface area contributed by atoms with Gasteiger partial charge < -0.3 is 15.6 Å². The Morgan fingerprint density at radius 2 is 1.73 bits per heavy atom. The zero-order valence-electron chi connectivity index (χ0n) is 18.3. The molecule has 6 rings (SSSR count). The van der Waals surface area contributed by atoms with Gasteiger partial charge in [0, 0.05) is 24.2 Å². The Kier molecular flexibility index (Phi) is 4.91. The lowest BCUT2D eigenvalue weighted by Crippen LogP contribution is -2.36. The Morgan fingerprint density at radius 1 is 0.970 bits per heavy atom. The summed E-state index contributed by atoms with van der Waals surface area (Å²) in [6, 6.07) is 8.90. The van der Waals surface area contributed by atoms with Crippen LogP contribution < -0.4 is 11.1 Å². The van der Waals surface area contributed by atoms with Crippen LogP contribution in [0.3, 0.4) is 0 Å². The smallest absolute Gasteiger partial charge is 0.261 e. The Bertz CT molecular complexity index is 1230. The average Bonchev–Trinajstić information content (AvgIpc) is 3.51. The van der Waals surface area contributed by atoms with E-state index in [9.17, 15) is 0 Å². The maximum absolute atomic E-state index is 5.70. The first-order valence-corrected chi connectivity index (χ1v) is 11.5. The van der Waals surface area contributed by atoms with E-state index in [1.807, 2.05) is 17.1 Å². The van der Waals surface area contributed by atoms with Crippen molar-refractivity contribution >= 4 is 5.95 Å². The molecule has 9 heteroatoms. The number of nitrogen functional groups attached to an aromatic ring is 1. The van der Waals surface area contributed by atoms with E-state index in [2.05, 4.69) is 49.8 Å². The van der Waals surface area contributed by atoms with E-state index in [-0.39, 0.29) is 11.4 Å². The highest BCUT2D eigenvalue weighted by atomic mass is 16.5. The second-order valence-corrected chi connectivity index (χ2v) is 8.96. The molecule has 4 aromatic rings. The molecule has 1 aliphatic carbocycles. The summed E-state index contributed by atoms with van der Waals surface area (Å²) in [4.78, 5) is 13.0. The van der Waals surface area contributed by atoms with Gasteiger partial charge in [0.1, 0.15) is 0 Å². The summed E-state index contributed by atoms with van der Waals surface area (Å²) in [5.41, 5.74) is 9.46. The number of hydrogen-bond acceptors (Lipinski definition) is 8. The number of aromatic nitrogens is 6. The zero-order valence-corrected chi connectivity index (χ0v) is 18.3. The van der Waals surface area contributed by atoms with E-state index in [1.165, 1.54) is 5.56 Å². The van der Waals surface area contributed by atoms with Crippen molar-refractivity contribution in [3.8, 4) is 22.6 Å². The van der Waals surface area contributed by atoms with E-state index in [0.29, 0.717) is 11.9 Å². The van der Waals surface area contributed by atoms with Crippen molar-refractivity contribution in [3.05, 3.63) is 60.4 Å². The number of rotatable bonds is 5. The molecule has 2 fully saturated rings. The third-order valence-corrected chi connectivity index (χ3v) is 7.04. The Morgan fingerprint density at radius 3 is 2.42 bits per heavy atom. The maximum Gasteiger partial charge on any atom is 0.261 e. The number of benzene rings is 1. The molecular weight excluding hydrogens is 416 g/mol. The van der Waals surface area contributed by atoms with E-state index in [0.717, 1.165) is 67.7 Å². The van der Waals surface area contributed by atoms with Crippen LogP contribution in [-0.2, 0) is 5.41 Å². The van der Waals surface area contributed by atoms with Crippen LogP contribution in [0.5, 0.6) is 0 Å². The minimum atomic E-state index is -0.205. The summed E-state index contributed by atoms with van der Waals surface area (Å²) >= 11 is 0. The molecule has 1 aliphatic heterocycles. The average molecular weight is 443 g/mol. The van der Waals surface area contributed by atoms with Crippen molar-refractivity contribution in [2.24, 2.45) is 0 Å². The number of anilines is 1. The van der Waals surface area contributed by atoms with Crippen molar-refractivity contribution in [3.63, 3.8) is 0 Å². The van der Waals surface area contributed by atoms with Gasteiger partial charge in [-0.05, 0) is 49.9 Å². The molecular formula is C24H26N8O. The number of hydrogen-bond donors (Lipinski definition) is 2. The van der Waals surface area contributed by atoms with Crippen LogP contribution in [0.4, 0.5) is 5.95 Å². The summed E-state index contributed by atoms with van der Waals surface area (Å²) in [6.07, 6.45) is 12.7. The van der Waals surface area contributed by atoms with Crippen LogP contribution in [0.25, 0.3) is 22.6 Å². The third-order valence-electron chi connectivity index (χ3n) is 7.04. The number of nitrogens with zero attached hydrogens (tertiary/aromatic N) is 6. The van der Waals surface area contributed by atoms with Crippen molar-refractivity contribution < 1.29 is 4.52 Å². The molecule has 33 heavy (non-hydrogen) atoms. The fraction of sp³-hybridized carbons (Fsp3) is 0.375. The highest BCUT2D eigenvalue weighted by molar-refractivity contribution is 5.63. The predicted octanol–water partition coefficient (Wildman–Crippen LogP) is 3.37. The summed E-state index contributed by atoms with van der Waals surface area (Å²) in [6.45, 7) is 2.05. The van der Waals surface area contributed by atoms with Crippen LogP contribution in [0.2, 0.25) is 0 Å². The Labute approximate surface area is 191 Å². The van der Waals surface area contributed by atoms with Gasteiger partial charge in [0.05, 0.1) is 23.2 Å². The number of piperidine rings is 1. The third kappa shape index (κ3) is 3.58. The lowest BCUT2D eigenvalue weighted by molar-refractivity contribution is 0.273. The highest BCUT2D eigenvalue weighted by Crippen LogP contribution is 2.48.